The first-order valence-electron chi connectivity index (χ1n) is 9.01. The van der Waals surface area contributed by atoms with Crippen LogP contribution in [0.3, 0.4) is 0 Å². The zero-order valence-corrected chi connectivity index (χ0v) is 21.1. The molecule has 0 saturated carbocycles. The molecule has 0 amide bonds. The lowest BCUT2D eigenvalue weighted by Gasteiger charge is -2.48. The molecular formula is C20H32S2Si3. The highest BCUT2D eigenvalue weighted by Gasteiger charge is 2.51. The van der Waals surface area contributed by atoms with E-state index in [1.165, 1.54) is 20.5 Å². The van der Waals surface area contributed by atoms with E-state index in [9.17, 15) is 0 Å². The van der Waals surface area contributed by atoms with Crippen LogP contribution in [0.4, 0.5) is 0 Å². The molecule has 0 aliphatic heterocycles. The van der Waals surface area contributed by atoms with Crippen LogP contribution in [0, 0.1) is 0 Å². The molecule has 0 aliphatic rings. The molecule has 2 rings (SSSR count). The average Bonchev–Trinajstić information content (AvgIpc) is 2.60. The molecule has 0 saturated heterocycles. The number of thioether (sulfide) groups is 2. The van der Waals surface area contributed by atoms with Crippen LogP contribution in [-0.4, -0.2) is 33.0 Å². The van der Waals surface area contributed by atoms with Crippen LogP contribution in [0.1, 0.15) is 0 Å². The van der Waals surface area contributed by atoms with Gasteiger partial charge in [-0.3, -0.25) is 0 Å². The molecule has 0 unspecified atom stereocenters. The summed E-state index contributed by atoms with van der Waals surface area (Å²) in [6.07, 6.45) is 0. The van der Waals surface area contributed by atoms with Crippen molar-refractivity contribution < 1.29 is 0 Å². The summed E-state index contributed by atoms with van der Waals surface area (Å²) in [6, 6.07) is 21.9. The number of hydrogen-bond donors (Lipinski definition) is 0. The van der Waals surface area contributed by atoms with Gasteiger partial charge in [-0.25, -0.2) is 0 Å². The second kappa shape index (κ2) is 8.65. The van der Waals surface area contributed by atoms with E-state index < -0.39 is 22.3 Å². The van der Waals surface area contributed by atoms with Gasteiger partial charge in [0.2, 0.25) is 0 Å². The monoisotopic (exact) mass is 420 g/mol. The normalized spacial score (nSPS) is 13.0. The van der Waals surface area contributed by atoms with Crippen LogP contribution in [-0.2, 0) is 0 Å². The molecule has 0 radical (unpaired) electrons. The van der Waals surface area contributed by atoms with E-state index in [1.807, 2.05) is 0 Å². The molecule has 0 heterocycles. The minimum absolute atomic E-state index is 1.23. The molecule has 2 aromatic rings. The highest BCUT2D eigenvalue weighted by atomic mass is 32.2. The summed E-state index contributed by atoms with van der Waals surface area (Å²) < 4.78 is 0. The third-order valence-corrected chi connectivity index (χ3v) is 56.1. The molecule has 0 nitrogen and oxygen atoms in total. The maximum absolute atomic E-state index is 2.71. The quantitative estimate of drug-likeness (QED) is 0.335. The second-order valence-corrected chi connectivity index (χ2v) is 40.3. The maximum atomic E-state index is 2.71. The largest absolute Gasteiger partial charge is 0.129 e. The molecule has 0 aromatic heterocycles. The molecule has 0 aliphatic carbocycles. The zero-order chi connectivity index (χ0) is 18.6. The van der Waals surface area contributed by atoms with Crippen molar-refractivity contribution in [3.8, 4) is 0 Å². The SMILES string of the molecule is C[Si](C)(CSc1ccccc1)[Si](C)(C)[Si](C)(C)CSc1ccccc1. The van der Waals surface area contributed by atoms with Crippen LogP contribution >= 0.6 is 23.5 Å². The third-order valence-electron chi connectivity index (χ3n) is 6.07. The molecule has 5 heteroatoms. The Hall–Kier alpha value is -0.209. The molecule has 0 bridgehead atoms. The summed E-state index contributed by atoms with van der Waals surface area (Å²) in [4.78, 5) is 2.87. The van der Waals surface area contributed by atoms with Gasteiger partial charge in [0.25, 0.3) is 0 Å². The number of rotatable bonds is 8. The van der Waals surface area contributed by atoms with Crippen molar-refractivity contribution in [1.29, 1.82) is 0 Å². The molecule has 25 heavy (non-hydrogen) atoms. The van der Waals surface area contributed by atoms with E-state index in [0.717, 1.165) is 0 Å². The first-order valence-corrected chi connectivity index (χ1v) is 22.4. The fraction of sp³-hybridized carbons (Fsp3) is 0.400. The van der Waals surface area contributed by atoms with Crippen LogP contribution in [0.2, 0.25) is 39.3 Å². The Kier molecular flexibility index (Phi) is 7.30. The Morgan fingerprint density at radius 3 is 1.20 bits per heavy atom. The van der Waals surface area contributed by atoms with Gasteiger partial charge in [-0.2, -0.15) is 0 Å². The van der Waals surface area contributed by atoms with Gasteiger partial charge in [0, 0.05) is 16.9 Å². The van der Waals surface area contributed by atoms with Gasteiger partial charge in [0.15, 0.2) is 0 Å². The Morgan fingerprint density at radius 1 is 0.560 bits per heavy atom. The fourth-order valence-electron chi connectivity index (χ4n) is 2.84. The van der Waals surface area contributed by atoms with Gasteiger partial charge in [-0.15, -0.1) is 23.5 Å². The van der Waals surface area contributed by atoms with Gasteiger partial charge in [-0.1, -0.05) is 75.7 Å². The van der Waals surface area contributed by atoms with Crippen molar-refractivity contribution in [2.45, 2.75) is 49.1 Å². The predicted molar refractivity (Wildman–Crippen MR) is 127 cm³/mol. The number of hydrogen-bond acceptors (Lipinski definition) is 2. The summed E-state index contributed by atoms with van der Waals surface area (Å²) in [5, 5.41) is 2.73. The third kappa shape index (κ3) is 5.39. The molecule has 0 fully saturated rings. The lowest BCUT2D eigenvalue weighted by atomic mass is 10.4. The maximum Gasteiger partial charge on any atom is 0.0500 e. The zero-order valence-electron chi connectivity index (χ0n) is 16.5. The van der Waals surface area contributed by atoms with Gasteiger partial charge in [-0.05, 0) is 35.0 Å². The first kappa shape index (κ1) is 21.1. The van der Waals surface area contributed by atoms with Crippen molar-refractivity contribution in [2.75, 3.05) is 10.8 Å². The Morgan fingerprint density at radius 2 is 0.880 bits per heavy atom. The Bertz CT molecular complexity index is 598. The smallest absolute Gasteiger partial charge is 0.0500 e. The number of benzene rings is 2. The van der Waals surface area contributed by atoms with E-state index >= 15 is 0 Å². The molecule has 0 spiro atoms. The molecule has 2 aromatic carbocycles. The van der Waals surface area contributed by atoms with E-state index in [-0.39, 0.29) is 0 Å². The van der Waals surface area contributed by atoms with E-state index in [0.29, 0.717) is 0 Å². The lowest BCUT2D eigenvalue weighted by molar-refractivity contribution is 1.46. The van der Waals surface area contributed by atoms with E-state index in [1.54, 1.807) is 0 Å². The fourth-order valence-corrected chi connectivity index (χ4v) is 46.2. The summed E-state index contributed by atoms with van der Waals surface area (Å²) in [7, 11) is -3.70. The minimum Gasteiger partial charge on any atom is -0.129 e. The van der Waals surface area contributed by atoms with Gasteiger partial charge < -0.3 is 0 Å². The highest BCUT2D eigenvalue weighted by Crippen LogP contribution is 2.36. The van der Waals surface area contributed by atoms with Gasteiger partial charge >= 0.3 is 0 Å². The van der Waals surface area contributed by atoms with E-state index in [4.69, 9.17) is 0 Å². The van der Waals surface area contributed by atoms with E-state index in [2.05, 4.69) is 123 Å². The van der Waals surface area contributed by atoms with Crippen molar-refractivity contribution in [1.82, 2.24) is 0 Å². The summed E-state index contributed by atoms with van der Waals surface area (Å²) in [5.74, 6) is 0. The van der Waals surface area contributed by atoms with Crippen molar-refractivity contribution in [3.63, 3.8) is 0 Å². The first-order chi connectivity index (χ1) is 11.7. The summed E-state index contributed by atoms with van der Waals surface area (Å²) >= 11 is 4.19. The molecular weight excluding hydrogens is 389 g/mol. The average molecular weight is 421 g/mol. The molecule has 0 atom stereocenters. The van der Waals surface area contributed by atoms with Crippen LogP contribution in [0.15, 0.2) is 70.5 Å². The standard InChI is InChI=1S/C20H32S2Si3/c1-23(2,17-21-19-13-9-7-10-14-19)25(5,6)24(3,4)18-22-20-15-11-8-12-16-20/h7-16H,17-18H2,1-6H3. The van der Waals surface area contributed by atoms with Gasteiger partial charge in [0.1, 0.15) is 0 Å². The summed E-state index contributed by atoms with van der Waals surface area (Å²) in [6.45, 7) is 16.1. The molecule has 136 valence electrons. The predicted octanol–water partition coefficient (Wildman–Crippen LogP) is 6.93. The van der Waals surface area contributed by atoms with Gasteiger partial charge in [0.05, 0.1) is 15.2 Å². The van der Waals surface area contributed by atoms with Crippen LogP contribution in [0.5, 0.6) is 0 Å². The Labute approximate surface area is 165 Å². The highest BCUT2D eigenvalue weighted by molar-refractivity contribution is 8.04. The lowest BCUT2D eigenvalue weighted by Crippen LogP contribution is -2.72. The molecule has 0 N–H and O–H groups in total. The summed E-state index contributed by atoms with van der Waals surface area (Å²) in [5.41, 5.74) is 0. The Balaban J connectivity index is 2.04. The second-order valence-electron chi connectivity index (χ2n) is 8.60. The van der Waals surface area contributed by atoms with Crippen LogP contribution < -0.4 is 0 Å². The topological polar surface area (TPSA) is 0 Å². The minimum atomic E-state index is -1.24. The van der Waals surface area contributed by atoms with Crippen molar-refractivity contribution in [3.05, 3.63) is 60.7 Å². The van der Waals surface area contributed by atoms with Crippen molar-refractivity contribution >= 4 is 45.8 Å². The van der Waals surface area contributed by atoms with Crippen molar-refractivity contribution in [2.24, 2.45) is 0 Å². The van der Waals surface area contributed by atoms with Crippen LogP contribution in [0.25, 0.3) is 0 Å².